The Bertz CT molecular complexity index is 1490. The van der Waals surface area contributed by atoms with Gasteiger partial charge in [-0.25, -0.2) is 0 Å². The molecule has 2 nitrogen and oxygen atoms in total. The lowest BCUT2D eigenvalue weighted by atomic mass is 9.75. The number of rotatable bonds is 4. The second-order valence-electron chi connectivity index (χ2n) is 10.0. The van der Waals surface area contributed by atoms with E-state index in [4.69, 9.17) is 23.2 Å². The molecule has 4 aromatic rings. The molecule has 1 heterocycles. The van der Waals surface area contributed by atoms with E-state index in [1.807, 2.05) is 71.6 Å². The molecule has 0 N–H and O–H groups in total. The quantitative estimate of drug-likeness (QED) is 0.256. The maximum Gasteiger partial charge on any atom is 0.254 e. The zero-order valence-electron chi connectivity index (χ0n) is 20.8. The van der Waals surface area contributed by atoms with Crippen molar-refractivity contribution in [3.63, 3.8) is 0 Å². The Morgan fingerprint density at radius 2 is 1.34 bits per heavy atom. The first-order valence-electron chi connectivity index (χ1n) is 12.9. The van der Waals surface area contributed by atoms with Crippen molar-refractivity contribution in [1.82, 2.24) is 4.90 Å². The first kappa shape index (κ1) is 24.7. The molecule has 1 fully saturated rings. The minimum Gasteiger partial charge on any atom is -0.334 e. The maximum absolute atomic E-state index is 13.7. The van der Waals surface area contributed by atoms with Crippen LogP contribution in [-0.4, -0.2) is 23.9 Å². The highest BCUT2D eigenvalue weighted by Crippen LogP contribution is 2.53. The Morgan fingerprint density at radius 1 is 0.737 bits per heavy atom. The van der Waals surface area contributed by atoms with Crippen LogP contribution in [0.4, 0.5) is 0 Å². The van der Waals surface area contributed by atoms with E-state index < -0.39 is 0 Å². The number of benzene rings is 4. The topological polar surface area (TPSA) is 20.3 Å². The number of carbonyl (C=O) groups is 1. The van der Waals surface area contributed by atoms with Crippen LogP contribution in [-0.2, 0) is 0 Å². The van der Waals surface area contributed by atoms with Gasteiger partial charge in [-0.1, -0.05) is 102 Å². The number of likely N-dealkylation sites (tertiary alicyclic amines) is 1. The third-order valence-electron chi connectivity index (χ3n) is 7.69. The highest BCUT2D eigenvalue weighted by Gasteiger charge is 2.44. The summed E-state index contributed by atoms with van der Waals surface area (Å²) in [5, 5.41) is 1.44. The number of hydrogen-bond donors (Lipinski definition) is 0. The molecular formula is C34H27Cl2NO. The van der Waals surface area contributed by atoms with Gasteiger partial charge in [0.2, 0.25) is 0 Å². The fourth-order valence-corrected chi connectivity index (χ4v) is 6.18. The summed E-state index contributed by atoms with van der Waals surface area (Å²) in [5.41, 5.74) is 6.80. The standard InChI is InChI=1S/C34H27Cl2NO/c35-28-15-11-23(12-16-28)19-27-21-37(34(38)26-9-5-2-6-10-26)22-32-30(27)20-31(24-7-3-1-4-8-24)33(32)25-13-17-29(36)18-14-25/h1-20,31-33H,21-22H2/b27-19+/t31-,32?,33-/m1/s1. The number of hydrogen-bond acceptors (Lipinski definition) is 1. The molecule has 6 rings (SSSR count). The Kier molecular flexibility index (Phi) is 6.93. The monoisotopic (exact) mass is 535 g/mol. The zero-order valence-corrected chi connectivity index (χ0v) is 22.3. The van der Waals surface area contributed by atoms with Crippen LogP contribution in [0.3, 0.4) is 0 Å². The minimum absolute atomic E-state index is 0.0599. The van der Waals surface area contributed by atoms with Crippen LogP contribution < -0.4 is 0 Å². The third kappa shape index (κ3) is 4.95. The highest BCUT2D eigenvalue weighted by molar-refractivity contribution is 6.30. The summed E-state index contributed by atoms with van der Waals surface area (Å²) in [6, 6.07) is 36.4. The van der Waals surface area contributed by atoms with Crippen molar-refractivity contribution in [1.29, 1.82) is 0 Å². The molecule has 0 radical (unpaired) electrons. The van der Waals surface area contributed by atoms with Gasteiger partial charge in [0.05, 0.1) is 0 Å². The van der Waals surface area contributed by atoms with E-state index >= 15 is 0 Å². The predicted molar refractivity (Wildman–Crippen MR) is 157 cm³/mol. The van der Waals surface area contributed by atoms with Gasteiger partial charge in [0.1, 0.15) is 0 Å². The first-order chi connectivity index (χ1) is 18.6. The normalized spacial score (nSPS) is 21.7. The van der Waals surface area contributed by atoms with Crippen molar-refractivity contribution in [3.05, 3.63) is 159 Å². The lowest BCUT2D eigenvalue weighted by Crippen LogP contribution is -2.43. The third-order valence-corrected chi connectivity index (χ3v) is 8.19. The fourth-order valence-electron chi connectivity index (χ4n) is 5.93. The van der Waals surface area contributed by atoms with E-state index in [0.717, 1.165) is 10.6 Å². The molecule has 38 heavy (non-hydrogen) atoms. The summed E-state index contributed by atoms with van der Waals surface area (Å²) in [4.78, 5) is 15.7. The van der Waals surface area contributed by atoms with E-state index in [1.54, 1.807) is 0 Å². The van der Waals surface area contributed by atoms with Crippen molar-refractivity contribution in [3.8, 4) is 0 Å². The average Bonchev–Trinajstić information content (AvgIpc) is 3.35. The molecule has 0 spiro atoms. The zero-order chi connectivity index (χ0) is 26.1. The first-order valence-corrected chi connectivity index (χ1v) is 13.7. The fraction of sp³-hybridized carbons (Fsp3) is 0.147. The van der Waals surface area contributed by atoms with Gasteiger partial charge in [-0.15, -0.1) is 0 Å². The van der Waals surface area contributed by atoms with E-state index in [1.165, 1.54) is 22.3 Å². The molecule has 188 valence electrons. The van der Waals surface area contributed by atoms with E-state index in [9.17, 15) is 4.79 Å². The Morgan fingerprint density at radius 3 is 2.00 bits per heavy atom. The SMILES string of the molecule is O=C(c1ccccc1)N1C/C(=C\c2ccc(Cl)cc2)C2=C[C@H](c3ccccc3)[C@@H](c3ccc(Cl)cc3)C2C1. The lowest BCUT2D eigenvalue weighted by molar-refractivity contribution is 0.0732. The molecule has 1 saturated heterocycles. The van der Waals surface area contributed by atoms with E-state index in [-0.39, 0.29) is 23.7 Å². The van der Waals surface area contributed by atoms with Crippen LogP contribution in [0.25, 0.3) is 6.08 Å². The van der Waals surface area contributed by atoms with Gasteiger partial charge in [-0.2, -0.15) is 0 Å². The van der Waals surface area contributed by atoms with Crippen molar-refractivity contribution in [2.75, 3.05) is 13.1 Å². The number of amides is 1. The summed E-state index contributed by atoms with van der Waals surface area (Å²) >= 11 is 12.4. The Balaban J connectivity index is 1.47. The lowest BCUT2D eigenvalue weighted by Gasteiger charge is -2.38. The Labute approximate surface area is 233 Å². The molecule has 1 amide bonds. The second-order valence-corrected chi connectivity index (χ2v) is 10.9. The number of allylic oxidation sites excluding steroid dienone is 1. The second kappa shape index (κ2) is 10.6. The molecule has 4 aromatic carbocycles. The van der Waals surface area contributed by atoms with Gasteiger partial charge in [-0.05, 0) is 70.3 Å². The molecule has 1 unspecified atom stereocenters. The van der Waals surface area contributed by atoms with Crippen LogP contribution in [0.2, 0.25) is 10.0 Å². The Hall–Kier alpha value is -3.59. The molecule has 4 heteroatoms. The van der Waals surface area contributed by atoms with Crippen molar-refractivity contribution in [2.45, 2.75) is 11.8 Å². The van der Waals surface area contributed by atoms with Crippen LogP contribution in [0, 0.1) is 5.92 Å². The van der Waals surface area contributed by atoms with Crippen LogP contribution >= 0.6 is 23.2 Å². The molecule has 1 aliphatic carbocycles. The molecule has 0 saturated carbocycles. The predicted octanol–water partition coefficient (Wildman–Crippen LogP) is 8.66. The average molecular weight is 537 g/mol. The van der Waals surface area contributed by atoms with Crippen LogP contribution in [0.5, 0.6) is 0 Å². The summed E-state index contributed by atoms with van der Waals surface area (Å²) in [5.74, 6) is 0.591. The highest BCUT2D eigenvalue weighted by atomic mass is 35.5. The van der Waals surface area contributed by atoms with Gasteiger partial charge < -0.3 is 4.90 Å². The van der Waals surface area contributed by atoms with Gasteiger partial charge in [0.15, 0.2) is 0 Å². The van der Waals surface area contributed by atoms with Gasteiger partial charge in [-0.3, -0.25) is 4.79 Å². The van der Waals surface area contributed by atoms with E-state index in [2.05, 4.69) is 54.6 Å². The number of fused-ring (bicyclic) bond motifs is 1. The van der Waals surface area contributed by atoms with E-state index in [0.29, 0.717) is 23.7 Å². The number of piperidine rings is 1. The number of halogens is 2. The largest absolute Gasteiger partial charge is 0.334 e. The molecular weight excluding hydrogens is 509 g/mol. The molecule has 3 atom stereocenters. The van der Waals surface area contributed by atoms with Gasteiger partial charge in [0, 0.05) is 46.5 Å². The van der Waals surface area contributed by atoms with Crippen LogP contribution in [0.15, 0.2) is 126 Å². The number of carbonyl (C=O) groups excluding carboxylic acids is 1. The van der Waals surface area contributed by atoms with Crippen molar-refractivity contribution < 1.29 is 4.79 Å². The van der Waals surface area contributed by atoms with Crippen LogP contribution in [0.1, 0.15) is 38.9 Å². The van der Waals surface area contributed by atoms with Gasteiger partial charge >= 0.3 is 0 Å². The summed E-state index contributed by atoms with van der Waals surface area (Å²) in [6.45, 7) is 1.22. The minimum atomic E-state index is 0.0599. The molecule has 0 bridgehead atoms. The molecule has 1 aliphatic heterocycles. The van der Waals surface area contributed by atoms with Crippen molar-refractivity contribution >= 4 is 35.2 Å². The van der Waals surface area contributed by atoms with Crippen molar-refractivity contribution in [2.24, 2.45) is 5.92 Å². The summed E-state index contributed by atoms with van der Waals surface area (Å²) in [6.07, 6.45) is 4.65. The maximum atomic E-state index is 13.7. The molecule has 0 aromatic heterocycles. The smallest absolute Gasteiger partial charge is 0.254 e. The number of nitrogens with zero attached hydrogens (tertiary/aromatic N) is 1. The summed E-state index contributed by atoms with van der Waals surface area (Å²) < 4.78 is 0. The summed E-state index contributed by atoms with van der Waals surface area (Å²) in [7, 11) is 0. The van der Waals surface area contributed by atoms with Gasteiger partial charge in [0.25, 0.3) is 5.91 Å². The molecule has 2 aliphatic rings.